The average Bonchev–Trinajstić information content (AvgIpc) is 2.85. The molecule has 1 aromatic carbocycles. The minimum Gasteiger partial charge on any atom is -0.358 e. The largest absolute Gasteiger partial charge is 0.358 e. The van der Waals surface area contributed by atoms with Crippen LogP contribution >= 0.6 is 0 Å². The monoisotopic (exact) mass is 274 g/mol. The highest BCUT2D eigenvalue weighted by Crippen LogP contribution is 2.19. The molecule has 0 radical (unpaired) electrons. The van der Waals surface area contributed by atoms with Crippen LogP contribution in [-0.4, -0.2) is 42.8 Å². The molecule has 4 nitrogen and oxygen atoms in total. The number of likely N-dealkylation sites (tertiary alicyclic amines) is 1. The molecule has 0 aromatic heterocycles. The molecule has 1 amide bonds. The minimum atomic E-state index is -0.158. The van der Waals surface area contributed by atoms with Gasteiger partial charge in [0.2, 0.25) is 5.91 Å². The molecule has 0 saturated carbocycles. The van der Waals surface area contributed by atoms with Gasteiger partial charge in [-0.2, -0.15) is 0 Å². The van der Waals surface area contributed by atoms with E-state index in [1.165, 1.54) is 0 Å². The van der Waals surface area contributed by atoms with Gasteiger partial charge in [-0.05, 0) is 38.8 Å². The Kier molecular flexibility index (Phi) is 4.55. The van der Waals surface area contributed by atoms with Crippen molar-refractivity contribution in [2.45, 2.75) is 32.7 Å². The summed E-state index contributed by atoms with van der Waals surface area (Å²) in [6, 6.07) is 5.71. The lowest BCUT2D eigenvalue weighted by Crippen LogP contribution is -2.44. The van der Waals surface area contributed by atoms with E-state index in [0.29, 0.717) is 6.54 Å². The zero-order chi connectivity index (χ0) is 14.7. The molecule has 1 atom stereocenters. The second kappa shape index (κ2) is 6.18. The van der Waals surface area contributed by atoms with Crippen LogP contribution < -0.4 is 5.32 Å². The number of rotatable bonds is 4. The van der Waals surface area contributed by atoms with Gasteiger partial charge in [0, 0.05) is 12.6 Å². The maximum atomic E-state index is 12.4. The Balaban J connectivity index is 2.09. The van der Waals surface area contributed by atoms with Crippen LogP contribution in [0.3, 0.4) is 0 Å². The smallest absolute Gasteiger partial charge is 0.237 e. The summed E-state index contributed by atoms with van der Waals surface area (Å²) in [5.74, 6) is 0.106. The van der Waals surface area contributed by atoms with Crippen LogP contribution in [0.5, 0.6) is 0 Å². The third kappa shape index (κ3) is 3.07. The molecule has 1 saturated heterocycles. The van der Waals surface area contributed by atoms with Crippen LogP contribution in [-0.2, 0) is 4.79 Å². The fourth-order valence-corrected chi connectivity index (χ4v) is 2.87. The summed E-state index contributed by atoms with van der Waals surface area (Å²) in [5.41, 5.74) is 2.92. The number of likely N-dealkylation sites (N-methyl/N-ethyl adjacent to an activating group) is 1. The number of carbonyl (C=O) groups is 2. The summed E-state index contributed by atoms with van der Waals surface area (Å²) in [7, 11) is 1.64. The second-order valence-corrected chi connectivity index (χ2v) is 5.48. The van der Waals surface area contributed by atoms with Crippen LogP contribution in [0, 0.1) is 13.8 Å². The van der Waals surface area contributed by atoms with Gasteiger partial charge in [-0.1, -0.05) is 23.8 Å². The number of Topliss-reactive ketones (excluding diaryl/α,β-unsaturated/α-hetero) is 1. The fraction of sp³-hybridized carbons (Fsp3) is 0.500. The topological polar surface area (TPSA) is 49.4 Å². The first kappa shape index (κ1) is 14.7. The number of amides is 1. The molecular weight excluding hydrogens is 252 g/mol. The molecule has 0 aliphatic carbocycles. The highest BCUT2D eigenvalue weighted by Gasteiger charge is 2.31. The summed E-state index contributed by atoms with van der Waals surface area (Å²) >= 11 is 0. The Hall–Kier alpha value is -1.68. The van der Waals surface area contributed by atoms with E-state index in [1.807, 2.05) is 36.9 Å². The van der Waals surface area contributed by atoms with E-state index >= 15 is 0 Å². The summed E-state index contributed by atoms with van der Waals surface area (Å²) < 4.78 is 0. The summed E-state index contributed by atoms with van der Waals surface area (Å²) in [6.07, 6.45) is 1.80. The molecule has 0 bridgehead atoms. The third-order valence-corrected chi connectivity index (χ3v) is 3.94. The van der Waals surface area contributed by atoms with E-state index in [-0.39, 0.29) is 17.7 Å². The molecule has 2 rings (SSSR count). The van der Waals surface area contributed by atoms with Gasteiger partial charge in [0.05, 0.1) is 12.6 Å². The van der Waals surface area contributed by atoms with E-state index < -0.39 is 0 Å². The normalized spacial score (nSPS) is 19.1. The lowest BCUT2D eigenvalue weighted by molar-refractivity contribution is -0.124. The molecule has 4 heteroatoms. The lowest BCUT2D eigenvalue weighted by atomic mass is 10.0. The van der Waals surface area contributed by atoms with Gasteiger partial charge in [-0.25, -0.2) is 0 Å². The summed E-state index contributed by atoms with van der Waals surface area (Å²) in [5, 5.41) is 2.68. The first-order chi connectivity index (χ1) is 9.52. The van der Waals surface area contributed by atoms with Crippen molar-refractivity contribution in [3.05, 3.63) is 34.9 Å². The van der Waals surface area contributed by atoms with Crippen molar-refractivity contribution >= 4 is 11.7 Å². The molecule has 1 fully saturated rings. The molecular formula is C16H22N2O2. The number of aryl methyl sites for hydroxylation is 2. The first-order valence-corrected chi connectivity index (χ1v) is 7.09. The van der Waals surface area contributed by atoms with Gasteiger partial charge in [-0.3, -0.25) is 14.5 Å². The fourth-order valence-electron chi connectivity index (χ4n) is 2.87. The molecule has 1 aliphatic rings. The van der Waals surface area contributed by atoms with Crippen molar-refractivity contribution in [3.63, 3.8) is 0 Å². The van der Waals surface area contributed by atoms with Crippen LogP contribution in [0.2, 0.25) is 0 Å². The first-order valence-electron chi connectivity index (χ1n) is 7.09. The molecule has 1 aromatic rings. The van der Waals surface area contributed by atoms with Crippen LogP contribution in [0.4, 0.5) is 0 Å². The number of ketones is 1. The van der Waals surface area contributed by atoms with E-state index in [1.54, 1.807) is 7.05 Å². The standard InChI is InChI=1S/C16H22N2O2/c1-11-6-7-13(12(2)9-11)15(19)10-18-8-4-5-14(18)16(20)17-3/h6-7,9,14H,4-5,8,10H2,1-3H3,(H,17,20). The van der Waals surface area contributed by atoms with Gasteiger partial charge in [0.25, 0.3) is 0 Å². The van der Waals surface area contributed by atoms with Gasteiger partial charge in [0.1, 0.15) is 0 Å². The number of nitrogens with one attached hydrogen (secondary N) is 1. The van der Waals surface area contributed by atoms with E-state index in [9.17, 15) is 9.59 Å². The number of benzene rings is 1. The predicted molar refractivity (Wildman–Crippen MR) is 78.9 cm³/mol. The highest BCUT2D eigenvalue weighted by atomic mass is 16.2. The number of hydrogen-bond acceptors (Lipinski definition) is 3. The van der Waals surface area contributed by atoms with Gasteiger partial charge >= 0.3 is 0 Å². The number of nitrogens with zero attached hydrogens (tertiary/aromatic N) is 1. The van der Waals surface area contributed by atoms with E-state index in [4.69, 9.17) is 0 Å². The van der Waals surface area contributed by atoms with Crippen LogP contribution in [0.1, 0.15) is 34.3 Å². The van der Waals surface area contributed by atoms with Crippen molar-refractivity contribution in [2.75, 3.05) is 20.1 Å². The Morgan fingerprint density at radius 2 is 2.10 bits per heavy atom. The van der Waals surface area contributed by atoms with Crippen molar-refractivity contribution in [3.8, 4) is 0 Å². The van der Waals surface area contributed by atoms with E-state index in [2.05, 4.69) is 5.32 Å². The maximum Gasteiger partial charge on any atom is 0.237 e. The molecule has 1 heterocycles. The average molecular weight is 274 g/mol. The quantitative estimate of drug-likeness (QED) is 0.850. The van der Waals surface area contributed by atoms with Gasteiger partial charge < -0.3 is 5.32 Å². The summed E-state index contributed by atoms with van der Waals surface area (Å²) in [6.45, 7) is 5.11. The molecule has 0 spiro atoms. The van der Waals surface area contributed by atoms with Gasteiger partial charge in [-0.15, -0.1) is 0 Å². The van der Waals surface area contributed by atoms with Crippen LogP contribution in [0.15, 0.2) is 18.2 Å². The third-order valence-electron chi connectivity index (χ3n) is 3.94. The Bertz CT molecular complexity index is 525. The summed E-state index contributed by atoms with van der Waals surface area (Å²) in [4.78, 5) is 26.2. The Labute approximate surface area is 120 Å². The lowest BCUT2D eigenvalue weighted by Gasteiger charge is -2.22. The van der Waals surface area contributed by atoms with Crippen molar-refractivity contribution in [1.82, 2.24) is 10.2 Å². The molecule has 1 unspecified atom stereocenters. The number of hydrogen-bond donors (Lipinski definition) is 1. The Morgan fingerprint density at radius 3 is 2.75 bits per heavy atom. The SMILES string of the molecule is CNC(=O)C1CCCN1CC(=O)c1ccc(C)cc1C. The zero-order valence-electron chi connectivity index (χ0n) is 12.4. The zero-order valence-corrected chi connectivity index (χ0v) is 12.4. The van der Waals surface area contributed by atoms with Crippen LogP contribution in [0.25, 0.3) is 0 Å². The van der Waals surface area contributed by atoms with Crippen molar-refractivity contribution in [1.29, 1.82) is 0 Å². The molecule has 108 valence electrons. The minimum absolute atomic E-state index is 0.0101. The molecule has 1 N–H and O–H groups in total. The van der Waals surface area contributed by atoms with E-state index in [0.717, 1.165) is 36.1 Å². The highest BCUT2D eigenvalue weighted by molar-refractivity contribution is 5.99. The second-order valence-electron chi connectivity index (χ2n) is 5.48. The Morgan fingerprint density at radius 1 is 1.35 bits per heavy atom. The molecule has 1 aliphatic heterocycles. The molecule has 20 heavy (non-hydrogen) atoms. The maximum absolute atomic E-state index is 12.4. The van der Waals surface area contributed by atoms with Crippen molar-refractivity contribution in [2.24, 2.45) is 0 Å². The number of carbonyl (C=O) groups excluding carboxylic acids is 2. The van der Waals surface area contributed by atoms with Crippen molar-refractivity contribution < 1.29 is 9.59 Å². The predicted octanol–water partition coefficient (Wildman–Crippen LogP) is 1.70. The van der Waals surface area contributed by atoms with Gasteiger partial charge in [0.15, 0.2) is 5.78 Å².